The second-order valence-electron chi connectivity index (χ2n) is 6.57. The average molecular weight is 379 g/mol. The highest BCUT2D eigenvalue weighted by Gasteiger charge is 2.30. The van der Waals surface area contributed by atoms with Gasteiger partial charge in [-0.15, -0.1) is 11.3 Å². The van der Waals surface area contributed by atoms with Crippen LogP contribution in [0.25, 0.3) is 10.6 Å². The van der Waals surface area contributed by atoms with Crippen LogP contribution in [-0.4, -0.2) is 34.4 Å². The molecule has 0 N–H and O–H groups in total. The molecule has 6 heteroatoms. The summed E-state index contributed by atoms with van der Waals surface area (Å²) in [7, 11) is 1.65. The van der Waals surface area contributed by atoms with Crippen LogP contribution in [0.4, 0.5) is 0 Å². The van der Waals surface area contributed by atoms with Gasteiger partial charge in [-0.05, 0) is 54.8 Å². The molecule has 1 unspecified atom stereocenters. The van der Waals surface area contributed by atoms with E-state index in [0.717, 1.165) is 47.0 Å². The Morgan fingerprint density at radius 3 is 2.74 bits per heavy atom. The van der Waals surface area contributed by atoms with Crippen molar-refractivity contribution in [3.8, 4) is 16.3 Å². The van der Waals surface area contributed by atoms with Gasteiger partial charge in [0.25, 0.3) is 0 Å². The van der Waals surface area contributed by atoms with E-state index in [9.17, 15) is 4.79 Å². The second kappa shape index (κ2) is 7.88. The standard InChI is InChI=1S/C21H21N3O2S/c1-26-18-6-4-16(5-7-18)21-23-17(14-27-21)13-20(25)24-12-2-3-19(24)15-8-10-22-11-9-15/h4-11,14,19H,2-3,12-13H2,1H3. The van der Waals surface area contributed by atoms with Crippen LogP contribution in [0.1, 0.15) is 30.1 Å². The molecule has 138 valence electrons. The maximum atomic E-state index is 12.9. The summed E-state index contributed by atoms with van der Waals surface area (Å²) in [5.74, 6) is 0.961. The van der Waals surface area contributed by atoms with E-state index >= 15 is 0 Å². The number of pyridine rings is 1. The first-order valence-electron chi connectivity index (χ1n) is 9.03. The topological polar surface area (TPSA) is 55.3 Å². The van der Waals surface area contributed by atoms with Crippen molar-refractivity contribution in [2.75, 3.05) is 13.7 Å². The Hall–Kier alpha value is -2.73. The van der Waals surface area contributed by atoms with Crippen molar-refractivity contribution >= 4 is 17.2 Å². The van der Waals surface area contributed by atoms with Crippen molar-refractivity contribution < 1.29 is 9.53 Å². The molecule has 1 saturated heterocycles. The molecule has 0 bridgehead atoms. The largest absolute Gasteiger partial charge is 0.497 e. The number of carbonyl (C=O) groups excluding carboxylic acids is 1. The summed E-state index contributed by atoms with van der Waals surface area (Å²) in [6.45, 7) is 0.807. The Labute approximate surface area is 162 Å². The summed E-state index contributed by atoms with van der Waals surface area (Å²) in [5, 5.41) is 2.90. The Kier molecular flexibility index (Phi) is 5.16. The Morgan fingerprint density at radius 2 is 2.00 bits per heavy atom. The fourth-order valence-electron chi connectivity index (χ4n) is 3.51. The third-order valence-corrected chi connectivity index (χ3v) is 5.83. The number of thiazole rings is 1. The van der Waals surface area contributed by atoms with Gasteiger partial charge in [-0.3, -0.25) is 9.78 Å². The van der Waals surface area contributed by atoms with Crippen LogP contribution in [0.2, 0.25) is 0 Å². The van der Waals surface area contributed by atoms with E-state index in [0.29, 0.717) is 6.42 Å². The molecule has 4 rings (SSSR count). The number of aromatic nitrogens is 2. The minimum atomic E-state index is 0.140. The Balaban J connectivity index is 1.46. The van der Waals surface area contributed by atoms with Crippen LogP contribution in [0, 0.1) is 0 Å². The van der Waals surface area contributed by atoms with E-state index in [1.165, 1.54) is 0 Å². The molecule has 1 aromatic carbocycles. The molecule has 0 aliphatic carbocycles. The van der Waals surface area contributed by atoms with Crippen LogP contribution in [0.15, 0.2) is 54.2 Å². The molecule has 2 aromatic heterocycles. The van der Waals surface area contributed by atoms with Crippen molar-refractivity contribution in [1.82, 2.24) is 14.9 Å². The first-order valence-corrected chi connectivity index (χ1v) is 9.91. The normalized spacial score (nSPS) is 16.5. The first kappa shape index (κ1) is 17.7. The zero-order chi connectivity index (χ0) is 18.6. The number of hydrogen-bond acceptors (Lipinski definition) is 5. The number of rotatable bonds is 5. The van der Waals surface area contributed by atoms with E-state index < -0.39 is 0 Å². The molecule has 3 aromatic rings. The van der Waals surface area contributed by atoms with Gasteiger partial charge >= 0.3 is 0 Å². The zero-order valence-electron chi connectivity index (χ0n) is 15.2. The number of likely N-dealkylation sites (tertiary alicyclic amines) is 1. The minimum absolute atomic E-state index is 0.140. The number of hydrogen-bond donors (Lipinski definition) is 0. The van der Waals surface area contributed by atoms with Crippen molar-refractivity contribution in [1.29, 1.82) is 0 Å². The van der Waals surface area contributed by atoms with Crippen LogP contribution in [0.5, 0.6) is 5.75 Å². The molecular weight excluding hydrogens is 358 g/mol. The minimum Gasteiger partial charge on any atom is -0.497 e. The van der Waals surface area contributed by atoms with Gasteiger partial charge in [-0.25, -0.2) is 4.98 Å². The van der Waals surface area contributed by atoms with Gasteiger partial charge in [0.15, 0.2) is 0 Å². The zero-order valence-corrected chi connectivity index (χ0v) is 16.0. The van der Waals surface area contributed by atoms with Gasteiger partial charge in [0, 0.05) is 29.9 Å². The number of ether oxygens (including phenoxy) is 1. The third-order valence-electron chi connectivity index (χ3n) is 4.89. The fourth-order valence-corrected chi connectivity index (χ4v) is 4.33. The lowest BCUT2D eigenvalue weighted by Gasteiger charge is -2.24. The molecule has 3 heterocycles. The maximum Gasteiger partial charge on any atom is 0.229 e. The van der Waals surface area contributed by atoms with E-state index in [1.807, 2.05) is 46.7 Å². The molecule has 0 spiro atoms. The number of nitrogens with zero attached hydrogens (tertiary/aromatic N) is 3. The monoisotopic (exact) mass is 379 g/mol. The summed E-state index contributed by atoms with van der Waals surface area (Å²) >= 11 is 1.57. The molecule has 1 fully saturated rings. The van der Waals surface area contributed by atoms with Gasteiger partial charge in [0.1, 0.15) is 10.8 Å². The molecular formula is C21H21N3O2S. The fraction of sp³-hybridized carbons (Fsp3) is 0.286. The highest BCUT2D eigenvalue weighted by Crippen LogP contribution is 2.32. The smallest absolute Gasteiger partial charge is 0.229 e. The molecule has 1 atom stereocenters. The highest BCUT2D eigenvalue weighted by molar-refractivity contribution is 7.13. The van der Waals surface area contributed by atoms with Crippen molar-refractivity contribution in [3.63, 3.8) is 0 Å². The number of amides is 1. The van der Waals surface area contributed by atoms with Crippen molar-refractivity contribution in [2.45, 2.75) is 25.3 Å². The molecule has 1 aliphatic rings. The molecule has 0 saturated carbocycles. The van der Waals surface area contributed by atoms with Gasteiger partial charge in [0.05, 0.1) is 25.3 Å². The van der Waals surface area contributed by atoms with Crippen molar-refractivity contribution in [2.24, 2.45) is 0 Å². The molecule has 27 heavy (non-hydrogen) atoms. The second-order valence-corrected chi connectivity index (χ2v) is 7.43. The first-order chi connectivity index (χ1) is 13.2. The molecule has 5 nitrogen and oxygen atoms in total. The lowest BCUT2D eigenvalue weighted by atomic mass is 10.1. The van der Waals surface area contributed by atoms with E-state index in [1.54, 1.807) is 30.8 Å². The van der Waals surface area contributed by atoms with Gasteiger partial charge in [-0.2, -0.15) is 0 Å². The Bertz CT molecular complexity index is 909. The van der Waals surface area contributed by atoms with E-state index in [4.69, 9.17) is 4.74 Å². The molecule has 1 amide bonds. The lowest BCUT2D eigenvalue weighted by Crippen LogP contribution is -2.31. The lowest BCUT2D eigenvalue weighted by molar-refractivity contribution is -0.131. The highest BCUT2D eigenvalue weighted by atomic mass is 32.1. The SMILES string of the molecule is COc1ccc(-c2nc(CC(=O)N3CCCC3c3ccncc3)cs2)cc1. The van der Waals surface area contributed by atoms with Gasteiger partial charge in [0.2, 0.25) is 5.91 Å². The molecule has 0 radical (unpaired) electrons. The van der Waals surface area contributed by atoms with E-state index in [2.05, 4.69) is 9.97 Å². The summed E-state index contributed by atoms with van der Waals surface area (Å²) in [5.41, 5.74) is 3.03. The number of benzene rings is 1. The van der Waals surface area contributed by atoms with Gasteiger partial charge in [-0.1, -0.05) is 0 Å². The summed E-state index contributed by atoms with van der Waals surface area (Å²) in [6, 6.07) is 12.0. The summed E-state index contributed by atoms with van der Waals surface area (Å²) in [6.07, 6.45) is 5.96. The van der Waals surface area contributed by atoms with Crippen LogP contribution >= 0.6 is 11.3 Å². The Morgan fingerprint density at radius 1 is 1.22 bits per heavy atom. The predicted molar refractivity (Wildman–Crippen MR) is 106 cm³/mol. The summed E-state index contributed by atoms with van der Waals surface area (Å²) < 4.78 is 5.20. The summed E-state index contributed by atoms with van der Waals surface area (Å²) in [4.78, 5) is 23.6. The van der Waals surface area contributed by atoms with Crippen LogP contribution in [0.3, 0.4) is 0 Å². The van der Waals surface area contributed by atoms with E-state index in [-0.39, 0.29) is 11.9 Å². The molecule has 1 aliphatic heterocycles. The quantitative estimate of drug-likeness (QED) is 0.669. The number of carbonyl (C=O) groups is 1. The predicted octanol–water partition coefficient (Wildman–Crippen LogP) is 4.12. The van der Waals surface area contributed by atoms with Crippen molar-refractivity contribution in [3.05, 3.63) is 65.4 Å². The number of methoxy groups -OCH3 is 1. The van der Waals surface area contributed by atoms with Crippen LogP contribution in [-0.2, 0) is 11.2 Å². The van der Waals surface area contributed by atoms with Gasteiger partial charge < -0.3 is 9.64 Å². The van der Waals surface area contributed by atoms with Crippen LogP contribution < -0.4 is 4.74 Å². The maximum absolute atomic E-state index is 12.9. The third kappa shape index (κ3) is 3.85. The average Bonchev–Trinajstić information content (AvgIpc) is 3.38.